The van der Waals surface area contributed by atoms with Crippen LogP contribution < -0.4 is 4.90 Å². The van der Waals surface area contributed by atoms with Crippen LogP contribution in [0.2, 0.25) is 5.15 Å². The van der Waals surface area contributed by atoms with Gasteiger partial charge < -0.3 is 10.0 Å². The first-order chi connectivity index (χ1) is 12.6. The SMILES string of the molecule is CC(O)C1CCN(c2cc(Cl)ncc2C#Cc2cnn(CCF)c2)CC1. The van der Waals surface area contributed by atoms with Crippen LogP contribution >= 0.6 is 11.6 Å². The van der Waals surface area contributed by atoms with E-state index in [4.69, 9.17) is 11.6 Å². The van der Waals surface area contributed by atoms with Crippen LogP contribution in [0.5, 0.6) is 0 Å². The maximum atomic E-state index is 12.4. The fourth-order valence-corrected chi connectivity index (χ4v) is 3.33. The zero-order valence-corrected chi connectivity index (χ0v) is 15.5. The summed E-state index contributed by atoms with van der Waals surface area (Å²) in [4.78, 5) is 6.39. The number of rotatable bonds is 4. The van der Waals surface area contributed by atoms with Crippen molar-refractivity contribution in [2.75, 3.05) is 24.7 Å². The van der Waals surface area contributed by atoms with Crippen molar-refractivity contribution in [3.63, 3.8) is 0 Å². The van der Waals surface area contributed by atoms with Gasteiger partial charge in [0.05, 0.1) is 35.7 Å². The fraction of sp³-hybridized carbons (Fsp3) is 0.474. The zero-order chi connectivity index (χ0) is 18.5. The van der Waals surface area contributed by atoms with Gasteiger partial charge in [0.1, 0.15) is 11.8 Å². The molecule has 3 heterocycles. The average Bonchev–Trinajstić information content (AvgIpc) is 3.08. The van der Waals surface area contributed by atoms with Gasteiger partial charge in [-0.15, -0.1) is 0 Å². The number of anilines is 1. The van der Waals surface area contributed by atoms with Gasteiger partial charge in [-0.1, -0.05) is 23.4 Å². The number of hydrogen-bond donors (Lipinski definition) is 1. The first-order valence-corrected chi connectivity index (χ1v) is 9.13. The molecule has 5 nitrogen and oxygen atoms in total. The summed E-state index contributed by atoms with van der Waals surface area (Å²) in [5.41, 5.74) is 2.48. The van der Waals surface area contributed by atoms with Crippen LogP contribution in [0.25, 0.3) is 0 Å². The molecule has 0 radical (unpaired) electrons. The second-order valence-corrected chi connectivity index (χ2v) is 6.91. The third-order valence-electron chi connectivity index (χ3n) is 4.70. The summed E-state index contributed by atoms with van der Waals surface area (Å²) in [7, 11) is 0. The molecule has 0 amide bonds. The molecule has 1 aliphatic heterocycles. The van der Waals surface area contributed by atoms with E-state index in [1.54, 1.807) is 18.6 Å². The number of hydrogen-bond acceptors (Lipinski definition) is 4. The number of aliphatic hydroxyl groups excluding tert-OH is 1. The summed E-state index contributed by atoms with van der Waals surface area (Å²) < 4.78 is 13.9. The highest BCUT2D eigenvalue weighted by molar-refractivity contribution is 6.29. The number of piperidine rings is 1. The van der Waals surface area contributed by atoms with Gasteiger partial charge >= 0.3 is 0 Å². The van der Waals surface area contributed by atoms with Crippen molar-refractivity contribution >= 4 is 17.3 Å². The summed E-state index contributed by atoms with van der Waals surface area (Å²) in [5.74, 6) is 6.53. The number of alkyl halides is 1. The molecule has 0 aromatic carbocycles. The van der Waals surface area contributed by atoms with Crippen molar-refractivity contribution in [3.8, 4) is 11.8 Å². The van der Waals surface area contributed by atoms with Gasteiger partial charge in [-0.05, 0) is 25.7 Å². The number of pyridine rings is 1. The van der Waals surface area contributed by atoms with Crippen LogP contribution in [0.4, 0.5) is 10.1 Å². The van der Waals surface area contributed by atoms with Crippen LogP contribution in [0.15, 0.2) is 24.7 Å². The smallest absolute Gasteiger partial charge is 0.131 e. The van der Waals surface area contributed by atoms with Gasteiger partial charge in [0, 0.05) is 31.5 Å². The van der Waals surface area contributed by atoms with E-state index in [2.05, 4.69) is 26.8 Å². The summed E-state index contributed by atoms with van der Waals surface area (Å²) in [6, 6.07) is 1.83. The first kappa shape index (κ1) is 18.7. The summed E-state index contributed by atoms with van der Waals surface area (Å²) in [6.07, 6.45) is 6.61. The second kappa shape index (κ2) is 8.52. The molecule has 1 N–H and O–H groups in total. The van der Waals surface area contributed by atoms with E-state index in [0.717, 1.165) is 42.7 Å². The third kappa shape index (κ3) is 4.54. The van der Waals surface area contributed by atoms with E-state index in [0.29, 0.717) is 11.1 Å². The Morgan fingerprint density at radius 3 is 2.81 bits per heavy atom. The molecule has 26 heavy (non-hydrogen) atoms. The Hall–Kier alpha value is -2.10. The molecule has 0 aliphatic carbocycles. The van der Waals surface area contributed by atoms with E-state index in [9.17, 15) is 9.50 Å². The monoisotopic (exact) mass is 376 g/mol. The Morgan fingerprint density at radius 1 is 1.35 bits per heavy atom. The molecule has 2 aromatic rings. The topological polar surface area (TPSA) is 54.2 Å². The van der Waals surface area contributed by atoms with E-state index >= 15 is 0 Å². The molecule has 2 aromatic heterocycles. The standard InChI is InChI=1S/C19H22ClFN4O/c1-14(26)16-4-7-24(8-5-16)18-10-19(20)22-12-17(18)3-2-15-11-23-25(13-15)9-6-21/h10-14,16,26H,4-9H2,1H3. The van der Waals surface area contributed by atoms with Gasteiger partial charge in [0.25, 0.3) is 0 Å². The van der Waals surface area contributed by atoms with Crippen molar-refractivity contribution in [2.24, 2.45) is 5.92 Å². The van der Waals surface area contributed by atoms with Crippen molar-refractivity contribution in [2.45, 2.75) is 32.4 Å². The molecule has 0 saturated carbocycles. The van der Waals surface area contributed by atoms with Gasteiger partial charge in [-0.25, -0.2) is 9.37 Å². The predicted octanol–water partition coefficient (Wildman–Crippen LogP) is 2.90. The molecule has 1 unspecified atom stereocenters. The lowest BCUT2D eigenvalue weighted by Gasteiger charge is -2.35. The number of halogens is 2. The summed E-state index contributed by atoms with van der Waals surface area (Å²) in [5, 5.41) is 14.3. The minimum Gasteiger partial charge on any atom is -0.393 e. The van der Waals surface area contributed by atoms with E-state index < -0.39 is 6.67 Å². The minimum atomic E-state index is -0.456. The van der Waals surface area contributed by atoms with E-state index in [1.807, 2.05) is 13.0 Å². The minimum absolute atomic E-state index is 0.230. The molecule has 7 heteroatoms. The molecule has 1 saturated heterocycles. The molecule has 138 valence electrons. The molecular formula is C19H22ClFN4O. The molecule has 1 aliphatic rings. The maximum absolute atomic E-state index is 12.4. The van der Waals surface area contributed by atoms with Crippen molar-refractivity contribution in [3.05, 3.63) is 40.9 Å². The first-order valence-electron chi connectivity index (χ1n) is 8.76. The zero-order valence-electron chi connectivity index (χ0n) is 14.7. The van der Waals surface area contributed by atoms with Gasteiger partial charge in [-0.2, -0.15) is 5.10 Å². The fourth-order valence-electron chi connectivity index (χ4n) is 3.18. The lowest BCUT2D eigenvalue weighted by molar-refractivity contribution is 0.110. The molecule has 0 spiro atoms. The average molecular weight is 377 g/mol. The van der Waals surface area contributed by atoms with Gasteiger partial charge in [0.15, 0.2) is 0 Å². The predicted molar refractivity (Wildman–Crippen MR) is 100 cm³/mol. The Morgan fingerprint density at radius 2 is 2.12 bits per heavy atom. The van der Waals surface area contributed by atoms with Crippen LogP contribution in [-0.2, 0) is 6.54 Å². The van der Waals surface area contributed by atoms with E-state index in [-0.39, 0.29) is 12.6 Å². The maximum Gasteiger partial charge on any atom is 0.131 e. The summed E-state index contributed by atoms with van der Waals surface area (Å²) in [6.45, 7) is 3.32. The highest BCUT2D eigenvalue weighted by Gasteiger charge is 2.24. The van der Waals surface area contributed by atoms with Gasteiger partial charge in [-0.3, -0.25) is 4.68 Å². The number of aryl methyl sites for hydroxylation is 1. The Bertz CT molecular complexity index is 803. The molecular weight excluding hydrogens is 355 g/mol. The largest absolute Gasteiger partial charge is 0.393 e. The van der Waals surface area contributed by atoms with Crippen LogP contribution in [0.3, 0.4) is 0 Å². The Balaban J connectivity index is 1.79. The quantitative estimate of drug-likeness (QED) is 0.658. The molecule has 3 rings (SSSR count). The summed E-state index contributed by atoms with van der Waals surface area (Å²) >= 11 is 6.10. The van der Waals surface area contributed by atoms with Crippen LogP contribution in [-0.4, -0.2) is 45.7 Å². The third-order valence-corrected chi connectivity index (χ3v) is 4.91. The number of aliphatic hydroxyl groups is 1. The number of nitrogens with zero attached hydrogens (tertiary/aromatic N) is 4. The van der Waals surface area contributed by atoms with Crippen molar-refractivity contribution in [1.29, 1.82) is 0 Å². The van der Waals surface area contributed by atoms with Crippen molar-refractivity contribution in [1.82, 2.24) is 14.8 Å². The Labute approximate surface area is 157 Å². The molecule has 0 bridgehead atoms. The van der Waals surface area contributed by atoms with Gasteiger partial charge in [0.2, 0.25) is 0 Å². The second-order valence-electron chi connectivity index (χ2n) is 6.52. The van der Waals surface area contributed by atoms with Crippen molar-refractivity contribution < 1.29 is 9.50 Å². The highest BCUT2D eigenvalue weighted by atomic mass is 35.5. The number of aromatic nitrogens is 3. The highest BCUT2D eigenvalue weighted by Crippen LogP contribution is 2.28. The lowest BCUT2D eigenvalue weighted by atomic mass is 9.92. The normalized spacial score (nSPS) is 16.2. The van der Waals surface area contributed by atoms with E-state index in [1.165, 1.54) is 4.68 Å². The molecule has 1 fully saturated rings. The van der Waals surface area contributed by atoms with Crippen LogP contribution in [0, 0.1) is 17.8 Å². The Kier molecular flexibility index (Phi) is 6.12. The van der Waals surface area contributed by atoms with Crippen LogP contribution in [0.1, 0.15) is 30.9 Å². The lowest BCUT2D eigenvalue weighted by Crippen LogP contribution is -2.37. The molecule has 1 atom stereocenters.